The van der Waals surface area contributed by atoms with Crippen LogP contribution in [0.5, 0.6) is 0 Å². The molecule has 0 bridgehead atoms. The van der Waals surface area contributed by atoms with E-state index in [-0.39, 0.29) is 11.2 Å². The van der Waals surface area contributed by atoms with E-state index in [0.717, 1.165) is 18.7 Å². The summed E-state index contributed by atoms with van der Waals surface area (Å²) in [5.41, 5.74) is 2.26. The highest BCUT2D eigenvalue weighted by Gasteiger charge is 2.29. The lowest BCUT2D eigenvalue weighted by molar-refractivity contribution is -0.117. The Bertz CT molecular complexity index is 641. The van der Waals surface area contributed by atoms with Crippen molar-refractivity contribution in [3.63, 3.8) is 0 Å². The average Bonchev–Trinajstić information content (AvgIpc) is 3.05. The topological polar surface area (TPSA) is 63.9 Å². The fraction of sp³-hybridized carbons (Fsp3) is 0.385. The van der Waals surface area contributed by atoms with Gasteiger partial charge in [-0.25, -0.2) is 4.68 Å². The maximum absolute atomic E-state index is 12.6. The molecule has 1 aromatic carbocycles. The fourth-order valence-electron chi connectivity index (χ4n) is 2.32. The molecule has 1 amide bonds. The number of carbonyl (C=O) groups excluding carboxylic acids is 1. The van der Waals surface area contributed by atoms with Gasteiger partial charge in [0.25, 0.3) is 0 Å². The molecule has 2 aromatic rings. The van der Waals surface area contributed by atoms with Crippen LogP contribution in [0, 0.1) is 0 Å². The van der Waals surface area contributed by atoms with Crippen LogP contribution in [0.1, 0.15) is 12.5 Å². The zero-order valence-corrected chi connectivity index (χ0v) is 12.2. The van der Waals surface area contributed by atoms with Gasteiger partial charge in [-0.3, -0.25) is 4.79 Å². The van der Waals surface area contributed by atoms with Crippen molar-refractivity contribution in [2.45, 2.75) is 23.8 Å². The van der Waals surface area contributed by atoms with Crippen molar-refractivity contribution in [2.75, 3.05) is 11.4 Å². The first-order chi connectivity index (χ1) is 9.66. The Morgan fingerprint density at radius 2 is 2.20 bits per heavy atom. The van der Waals surface area contributed by atoms with Crippen molar-refractivity contribution in [1.82, 2.24) is 20.2 Å². The van der Waals surface area contributed by atoms with Crippen molar-refractivity contribution in [2.24, 2.45) is 7.05 Å². The first-order valence-corrected chi connectivity index (χ1v) is 7.33. The van der Waals surface area contributed by atoms with E-state index in [4.69, 9.17) is 0 Å². The molecule has 1 aliphatic heterocycles. The van der Waals surface area contributed by atoms with Crippen molar-refractivity contribution < 1.29 is 4.79 Å². The predicted octanol–water partition coefficient (Wildman–Crippen LogP) is 1.28. The monoisotopic (exact) mass is 289 g/mol. The van der Waals surface area contributed by atoms with Crippen LogP contribution < -0.4 is 4.90 Å². The van der Waals surface area contributed by atoms with Gasteiger partial charge in [-0.2, -0.15) is 0 Å². The van der Waals surface area contributed by atoms with Gasteiger partial charge in [0, 0.05) is 19.3 Å². The van der Waals surface area contributed by atoms with Gasteiger partial charge >= 0.3 is 0 Å². The van der Waals surface area contributed by atoms with Crippen LogP contribution in [0.2, 0.25) is 0 Å². The standard InChI is InChI=1S/C13H15N5OS/c1-9(20-13-14-15-16-17(13)2)12(19)18-8-7-10-5-3-4-6-11(10)18/h3-6,9H,7-8H2,1-2H3. The summed E-state index contributed by atoms with van der Waals surface area (Å²) >= 11 is 1.38. The Hall–Kier alpha value is -1.89. The quantitative estimate of drug-likeness (QED) is 0.796. The van der Waals surface area contributed by atoms with Crippen LogP contribution in [-0.4, -0.2) is 37.9 Å². The minimum Gasteiger partial charge on any atom is -0.311 e. The Labute approximate surface area is 121 Å². The minimum absolute atomic E-state index is 0.1000. The number of thioether (sulfide) groups is 1. The Kier molecular flexibility index (Phi) is 3.43. The van der Waals surface area contributed by atoms with Crippen LogP contribution in [0.4, 0.5) is 5.69 Å². The van der Waals surface area contributed by atoms with Gasteiger partial charge in [-0.15, -0.1) is 5.10 Å². The van der Waals surface area contributed by atoms with Crippen molar-refractivity contribution in [3.8, 4) is 0 Å². The van der Waals surface area contributed by atoms with Crippen LogP contribution in [0.15, 0.2) is 29.4 Å². The summed E-state index contributed by atoms with van der Waals surface area (Å²) in [6.07, 6.45) is 0.921. The number of para-hydroxylation sites is 1. The second kappa shape index (κ2) is 5.24. The number of fused-ring (bicyclic) bond motifs is 1. The van der Waals surface area contributed by atoms with E-state index in [1.807, 2.05) is 30.0 Å². The average molecular weight is 289 g/mol. The summed E-state index contributed by atoms with van der Waals surface area (Å²) < 4.78 is 1.58. The summed E-state index contributed by atoms with van der Waals surface area (Å²) in [6.45, 7) is 2.64. The third kappa shape index (κ3) is 2.29. The highest BCUT2D eigenvalue weighted by molar-refractivity contribution is 8.00. The molecule has 6 nitrogen and oxygen atoms in total. The zero-order chi connectivity index (χ0) is 14.1. The number of aryl methyl sites for hydroxylation is 1. The third-order valence-electron chi connectivity index (χ3n) is 3.36. The summed E-state index contributed by atoms with van der Waals surface area (Å²) in [5.74, 6) is 0.1000. The highest BCUT2D eigenvalue weighted by Crippen LogP contribution is 2.30. The molecule has 2 heterocycles. The summed E-state index contributed by atoms with van der Waals surface area (Å²) in [7, 11) is 1.77. The van der Waals surface area contributed by atoms with Gasteiger partial charge in [0.05, 0.1) is 5.25 Å². The molecule has 1 atom stereocenters. The number of carbonyl (C=O) groups is 1. The normalized spacial score (nSPS) is 15.2. The first kappa shape index (κ1) is 13.1. The molecule has 0 saturated heterocycles. The Morgan fingerprint density at radius 1 is 1.40 bits per heavy atom. The first-order valence-electron chi connectivity index (χ1n) is 6.45. The second-order valence-corrected chi connectivity index (χ2v) is 6.02. The summed E-state index contributed by atoms with van der Waals surface area (Å²) in [5, 5.41) is 11.7. The molecule has 1 aromatic heterocycles. The Morgan fingerprint density at radius 3 is 2.95 bits per heavy atom. The molecule has 0 aliphatic carbocycles. The van der Waals surface area contributed by atoms with E-state index >= 15 is 0 Å². The van der Waals surface area contributed by atoms with Gasteiger partial charge in [-0.1, -0.05) is 30.0 Å². The van der Waals surface area contributed by atoms with E-state index in [2.05, 4.69) is 21.6 Å². The van der Waals surface area contributed by atoms with Crippen LogP contribution in [-0.2, 0) is 18.3 Å². The number of hydrogen-bond donors (Lipinski definition) is 0. The fourth-order valence-corrected chi connectivity index (χ4v) is 3.13. The SMILES string of the molecule is CC(Sc1nnnn1C)C(=O)N1CCc2ccccc21. The predicted molar refractivity (Wildman–Crippen MR) is 76.6 cm³/mol. The number of nitrogens with zero attached hydrogens (tertiary/aromatic N) is 5. The lowest BCUT2D eigenvalue weighted by Gasteiger charge is -2.20. The molecule has 0 fully saturated rings. The largest absolute Gasteiger partial charge is 0.311 e. The van der Waals surface area contributed by atoms with E-state index in [1.165, 1.54) is 17.3 Å². The maximum atomic E-state index is 12.6. The number of benzene rings is 1. The van der Waals surface area contributed by atoms with Crippen molar-refractivity contribution in [1.29, 1.82) is 0 Å². The molecule has 0 N–H and O–H groups in total. The smallest absolute Gasteiger partial charge is 0.240 e. The number of tetrazole rings is 1. The highest BCUT2D eigenvalue weighted by atomic mass is 32.2. The molecular weight excluding hydrogens is 274 g/mol. The summed E-state index contributed by atoms with van der Waals surface area (Å²) in [4.78, 5) is 14.4. The van der Waals surface area contributed by atoms with Crippen LogP contribution >= 0.6 is 11.8 Å². The van der Waals surface area contributed by atoms with Gasteiger partial charge in [0.15, 0.2) is 0 Å². The van der Waals surface area contributed by atoms with E-state index in [0.29, 0.717) is 5.16 Å². The second-order valence-electron chi connectivity index (χ2n) is 4.71. The molecule has 0 spiro atoms. The van der Waals surface area contributed by atoms with Crippen LogP contribution in [0.3, 0.4) is 0 Å². The number of amides is 1. The zero-order valence-electron chi connectivity index (χ0n) is 11.4. The molecular formula is C13H15N5OS. The van der Waals surface area contributed by atoms with Gasteiger partial charge in [0.2, 0.25) is 11.1 Å². The lowest BCUT2D eigenvalue weighted by Crippen LogP contribution is -2.35. The molecule has 3 rings (SSSR count). The van der Waals surface area contributed by atoms with Gasteiger partial charge in [0.1, 0.15) is 0 Å². The van der Waals surface area contributed by atoms with E-state index in [1.54, 1.807) is 11.7 Å². The van der Waals surface area contributed by atoms with Gasteiger partial charge < -0.3 is 4.90 Å². The number of aromatic nitrogens is 4. The molecule has 20 heavy (non-hydrogen) atoms. The third-order valence-corrected chi connectivity index (χ3v) is 4.48. The van der Waals surface area contributed by atoms with Crippen LogP contribution in [0.25, 0.3) is 0 Å². The summed E-state index contributed by atoms with van der Waals surface area (Å²) in [6, 6.07) is 8.06. The van der Waals surface area contributed by atoms with Gasteiger partial charge in [-0.05, 0) is 35.4 Å². The minimum atomic E-state index is -0.217. The number of anilines is 1. The molecule has 7 heteroatoms. The van der Waals surface area contributed by atoms with Crippen molar-refractivity contribution >= 4 is 23.4 Å². The maximum Gasteiger partial charge on any atom is 0.240 e. The molecule has 104 valence electrons. The number of rotatable bonds is 3. The van der Waals surface area contributed by atoms with Crippen molar-refractivity contribution in [3.05, 3.63) is 29.8 Å². The van der Waals surface area contributed by atoms with E-state index < -0.39 is 0 Å². The Balaban J connectivity index is 1.75. The molecule has 0 saturated carbocycles. The molecule has 1 unspecified atom stereocenters. The number of hydrogen-bond acceptors (Lipinski definition) is 5. The molecule has 0 radical (unpaired) electrons. The lowest BCUT2D eigenvalue weighted by atomic mass is 10.2. The van der Waals surface area contributed by atoms with E-state index in [9.17, 15) is 4.79 Å². The molecule has 1 aliphatic rings.